The highest BCUT2D eigenvalue weighted by molar-refractivity contribution is 5.96. The Balaban J connectivity index is 1.20. The summed E-state index contributed by atoms with van der Waals surface area (Å²) < 4.78 is 5.91. The number of rotatable bonds is 4. The van der Waals surface area contributed by atoms with E-state index in [4.69, 9.17) is 4.74 Å². The van der Waals surface area contributed by atoms with Crippen molar-refractivity contribution in [1.82, 2.24) is 25.8 Å². The van der Waals surface area contributed by atoms with E-state index in [1.54, 1.807) is 4.90 Å². The predicted molar refractivity (Wildman–Crippen MR) is 167 cm³/mol. The molecule has 3 heterocycles. The zero-order valence-corrected chi connectivity index (χ0v) is 26.2. The first-order valence-electron chi connectivity index (χ1n) is 16.9. The zero-order valence-electron chi connectivity index (χ0n) is 26.2. The second-order valence-electron chi connectivity index (χ2n) is 13.5. The van der Waals surface area contributed by atoms with Gasteiger partial charge in [0, 0.05) is 31.5 Å². The summed E-state index contributed by atoms with van der Waals surface area (Å²) in [6.45, 7) is 0.874. The molecular weight excluding hydrogens is 590 g/mol. The standard InChI is InChI=1S/C34H45N5O7/c40-29-28-18-26(46-33(45)38-17-16-22-10-6-7-11-23(22)20-38)21-39(28)30(41)27(36-32(44)35-25-13-8-9-14-25)15-5-3-1-2-4-12-24-19-34(24,37-29)31(42)43/h4,6-7,10-12,24-28H,1-3,5,8-9,13-21H2,(H,37,40)(H,42,43)(H2,35,36,44)/b12-4+/t24-,26-,27+,28+,34-/m1/s1. The number of ether oxygens (including phenoxy) is 1. The molecular formula is C34H45N5O7. The third kappa shape index (κ3) is 7.00. The van der Waals surface area contributed by atoms with Gasteiger partial charge in [-0.05, 0) is 56.1 Å². The summed E-state index contributed by atoms with van der Waals surface area (Å²) in [4.78, 5) is 69.6. The molecule has 2 saturated carbocycles. The van der Waals surface area contributed by atoms with Crippen LogP contribution in [-0.2, 0) is 32.1 Å². The van der Waals surface area contributed by atoms with E-state index in [1.807, 2.05) is 36.4 Å². The molecule has 248 valence electrons. The van der Waals surface area contributed by atoms with Crippen LogP contribution in [-0.4, -0.2) is 87.7 Å². The van der Waals surface area contributed by atoms with Crippen molar-refractivity contribution in [3.05, 3.63) is 47.5 Å². The van der Waals surface area contributed by atoms with E-state index in [-0.39, 0.29) is 31.3 Å². The maximum absolute atomic E-state index is 14.2. The summed E-state index contributed by atoms with van der Waals surface area (Å²) in [5.41, 5.74) is 0.810. The van der Waals surface area contributed by atoms with Crippen molar-refractivity contribution < 1.29 is 33.8 Å². The maximum atomic E-state index is 14.2. The normalized spacial score (nSPS) is 30.9. The van der Waals surface area contributed by atoms with Gasteiger partial charge in [-0.1, -0.05) is 62.1 Å². The Morgan fingerprint density at radius 3 is 2.52 bits per heavy atom. The number of hydrogen-bond acceptors (Lipinski definition) is 6. The lowest BCUT2D eigenvalue weighted by atomic mass is 10.0. The van der Waals surface area contributed by atoms with Crippen LogP contribution in [0.15, 0.2) is 36.4 Å². The minimum absolute atomic E-state index is 0.0289. The van der Waals surface area contributed by atoms with Crippen LogP contribution >= 0.6 is 0 Å². The Labute approximate surface area is 269 Å². The van der Waals surface area contributed by atoms with Crippen LogP contribution in [0, 0.1) is 5.92 Å². The van der Waals surface area contributed by atoms with Crippen LogP contribution in [0.5, 0.6) is 0 Å². The molecule has 0 aromatic heterocycles. The van der Waals surface area contributed by atoms with Gasteiger partial charge in [0.15, 0.2) is 0 Å². The molecule has 12 nitrogen and oxygen atoms in total. The molecule has 0 radical (unpaired) electrons. The number of nitrogens with one attached hydrogen (secondary N) is 3. The third-order valence-corrected chi connectivity index (χ3v) is 10.3. The molecule has 0 bridgehead atoms. The number of aliphatic carboxylic acids is 1. The van der Waals surface area contributed by atoms with Crippen molar-refractivity contribution in [3.8, 4) is 0 Å². The monoisotopic (exact) mass is 635 g/mol. The average Bonchev–Trinajstić information content (AvgIpc) is 3.32. The predicted octanol–water partition coefficient (Wildman–Crippen LogP) is 3.24. The number of hydrogen-bond donors (Lipinski definition) is 4. The summed E-state index contributed by atoms with van der Waals surface area (Å²) >= 11 is 0. The molecule has 0 unspecified atom stereocenters. The second kappa shape index (κ2) is 13.7. The minimum atomic E-state index is -1.43. The molecule has 5 aliphatic rings. The maximum Gasteiger partial charge on any atom is 0.410 e. The van der Waals surface area contributed by atoms with Gasteiger partial charge < -0.3 is 35.6 Å². The highest BCUT2D eigenvalue weighted by atomic mass is 16.6. The van der Waals surface area contributed by atoms with E-state index in [1.165, 1.54) is 10.5 Å². The second-order valence-corrected chi connectivity index (χ2v) is 13.5. The van der Waals surface area contributed by atoms with Crippen LogP contribution in [0.25, 0.3) is 0 Å². The van der Waals surface area contributed by atoms with Crippen LogP contribution < -0.4 is 16.0 Å². The smallest absolute Gasteiger partial charge is 0.410 e. The Hall–Kier alpha value is -4.09. The molecule has 1 saturated heterocycles. The van der Waals surface area contributed by atoms with Gasteiger partial charge in [0.1, 0.15) is 23.7 Å². The fourth-order valence-corrected chi connectivity index (χ4v) is 7.47. The third-order valence-electron chi connectivity index (χ3n) is 10.3. The number of allylic oxidation sites excluding steroid dienone is 1. The molecule has 5 atom stereocenters. The molecule has 12 heteroatoms. The van der Waals surface area contributed by atoms with Crippen molar-refractivity contribution in [3.63, 3.8) is 0 Å². The lowest BCUT2D eigenvalue weighted by Crippen LogP contribution is -2.57. The lowest BCUT2D eigenvalue weighted by molar-refractivity contribution is -0.145. The number of benzene rings is 1. The number of amides is 5. The molecule has 4 N–H and O–H groups in total. The summed E-state index contributed by atoms with van der Waals surface area (Å²) in [5.74, 6) is -2.49. The van der Waals surface area contributed by atoms with Crippen molar-refractivity contribution in [2.24, 2.45) is 5.92 Å². The molecule has 6 rings (SSSR count). The molecule has 1 aromatic rings. The molecule has 2 aliphatic carbocycles. The van der Waals surface area contributed by atoms with Crippen LogP contribution in [0.3, 0.4) is 0 Å². The lowest BCUT2D eigenvalue weighted by Gasteiger charge is -2.30. The molecule has 3 aliphatic heterocycles. The molecule has 46 heavy (non-hydrogen) atoms. The fraction of sp³-hybridized carbons (Fsp3) is 0.618. The minimum Gasteiger partial charge on any atom is -0.479 e. The number of carbonyl (C=O) groups excluding carboxylic acids is 4. The van der Waals surface area contributed by atoms with E-state index in [0.717, 1.165) is 50.5 Å². The van der Waals surface area contributed by atoms with Crippen molar-refractivity contribution in [2.45, 2.75) is 113 Å². The Morgan fingerprint density at radius 2 is 1.74 bits per heavy atom. The van der Waals surface area contributed by atoms with E-state index in [2.05, 4.69) is 16.0 Å². The number of carbonyl (C=O) groups is 5. The van der Waals surface area contributed by atoms with Gasteiger partial charge in [0.25, 0.3) is 0 Å². The van der Waals surface area contributed by atoms with E-state index < -0.39 is 53.6 Å². The number of carboxylic acid groups (broad SMARTS) is 1. The largest absolute Gasteiger partial charge is 0.479 e. The van der Waals surface area contributed by atoms with Gasteiger partial charge in [0.2, 0.25) is 11.8 Å². The number of carboxylic acids is 1. The van der Waals surface area contributed by atoms with Gasteiger partial charge in [-0.3, -0.25) is 9.59 Å². The van der Waals surface area contributed by atoms with Crippen LogP contribution in [0.4, 0.5) is 9.59 Å². The van der Waals surface area contributed by atoms with E-state index in [9.17, 15) is 29.1 Å². The first-order chi connectivity index (χ1) is 22.2. The SMILES string of the molecule is O=C(NC1CCCC1)N[C@H]1CCCCC/C=C/[C@@H]2C[C@@]2(C(=O)O)NC(=O)[C@@H]2C[C@@H](OC(=O)N3CCc4ccccc4C3)CN2C1=O. The Kier molecular flexibility index (Phi) is 9.51. The summed E-state index contributed by atoms with van der Waals surface area (Å²) in [7, 11) is 0. The van der Waals surface area contributed by atoms with Crippen LogP contribution in [0.2, 0.25) is 0 Å². The fourth-order valence-electron chi connectivity index (χ4n) is 7.47. The molecule has 1 aromatic carbocycles. The molecule has 0 spiro atoms. The molecule has 3 fully saturated rings. The van der Waals surface area contributed by atoms with Crippen LogP contribution in [0.1, 0.15) is 81.8 Å². The quantitative estimate of drug-likeness (QED) is 0.370. The summed E-state index contributed by atoms with van der Waals surface area (Å²) in [6.07, 6.45) is 11.0. The zero-order chi connectivity index (χ0) is 32.3. The van der Waals surface area contributed by atoms with Gasteiger partial charge in [-0.25, -0.2) is 14.4 Å². The molecule has 5 amide bonds. The first kappa shape index (κ1) is 31.9. The first-order valence-corrected chi connectivity index (χ1v) is 16.9. The average molecular weight is 636 g/mol. The van der Waals surface area contributed by atoms with Gasteiger partial charge >= 0.3 is 18.1 Å². The topological polar surface area (TPSA) is 157 Å². The number of urea groups is 1. The number of fused-ring (bicyclic) bond motifs is 3. The summed E-state index contributed by atoms with van der Waals surface area (Å²) in [5, 5.41) is 18.7. The van der Waals surface area contributed by atoms with E-state index in [0.29, 0.717) is 32.4 Å². The van der Waals surface area contributed by atoms with Gasteiger partial charge in [0.05, 0.1) is 6.54 Å². The van der Waals surface area contributed by atoms with Gasteiger partial charge in [-0.2, -0.15) is 0 Å². The number of nitrogens with zero attached hydrogens (tertiary/aromatic N) is 2. The Morgan fingerprint density at radius 1 is 0.978 bits per heavy atom. The Bertz CT molecular complexity index is 1380. The highest BCUT2D eigenvalue weighted by Crippen LogP contribution is 2.45. The van der Waals surface area contributed by atoms with Crippen molar-refractivity contribution in [1.29, 1.82) is 0 Å². The van der Waals surface area contributed by atoms with Gasteiger partial charge in [-0.15, -0.1) is 0 Å². The van der Waals surface area contributed by atoms with E-state index >= 15 is 0 Å². The van der Waals surface area contributed by atoms with Crippen molar-refractivity contribution >= 4 is 29.9 Å². The van der Waals surface area contributed by atoms with Crippen molar-refractivity contribution in [2.75, 3.05) is 13.1 Å². The summed E-state index contributed by atoms with van der Waals surface area (Å²) in [6, 6.07) is 5.66. The highest BCUT2D eigenvalue weighted by Gasteiger charge is 2.61.